The zero-order valence-corrected chi connectivity index (χ0v) is 18.8. The van der Waals surface area contributed by atoms with Crippen LogP contribution in [0.4, 0.5) is 5.69 Å². The Morgan fingerprint density at radius 1 is 1.17 bits per heavy atom. The second kappa shape index (κ2) is 10.9. The summed E-state index contributed by atoms with van der Waals surface area (Å²) in [6.45, 7) is 8.42. The maximum atomic E-state index is 13.0. The molecule has 0 spiro atoms. The van der Waals surface area contributed by atoms with Gasteiger partial charge in [0, 0.05) is 24.5 Å². The van der Waals surface area contributed by atoms with E-state index in [-0.39, 0.29) is 17.2 Å². The van der Waals surface area contributed by atoms with Gasteiger partial charge in [0.2, 0.25) is 5.91 Å². The van der Waals surface area contributed by atoms with Gasteiger partial charge in [-0.3, -0.25) is 9.78 Å². The lowest BCUT2D eigenvalue weighted by Crippen LogP contribution is -2.21. The van der Waals surface area contributed by atoms with Crippen LogP contribution in [0.1, 0.15) is 87.2 Å². The van der Waals surface area contributed by atoms with Crippen molar-refractivity contribution in [3.8, 4) is 0 Å². The number of aromatic nitrogens is 1. The zero-order chi connectivity index (χ0) is 22.1. The van der Waals surface area contributed by atoms with E-state index in [0.29, 0.717) is 17.7 Å². The fourth-order valence-electron chi connectivity index (χ4n) is 3.62. The number of hydrogen-bond acceptors (Lipinski definition) is 4. The molecule has 0 aliphatic rings. The van der Waals surface area contributed by atoms with Crippen LogP contribution in [0.15, 0.2) is 42.7 Å². The van der Waals surface area contributed by atoms with Gasteiger partial charge in [-0.05, 0) is 47.1 Å². The first kappa shape index (κ1) is 23.6. The van der Waals surface area contributed by atoms with Crippen molar-refractivity contribution >= 4 is 17.6 Å². The molecular weight excluding hydrogens is 376 g/mol. The summed E-state index contributed by atoms with van der Waals surface area (Å²) in [5.74, 6) is -0.362. The van der Waals surface area contributed by atoms with Crippen LogP contribution in [-0.4, -0.2) is 24.0 Å². The first-order valence-electron chi connectivity index (χ1n) is 10.7. The summed E-state index contributed by atoms with van der Waals surface area (Å²) in [5.41, 5.74) is 2.97. The first-order valence-corrected chi connectivity index (χ1v) is 10.7. The molecule has 0 radical (unpaired) electrons. The molecule has 0 saturated carbocycles. The molecule has 2 aromatic rings. The van der Waals surface area contributed by atoms with Crippen LogP contribution in [0.5, 0.6) is 0 Å². The molecule has 0 bridgehead atoms. The SMILES string of the molecule is CCCCCC(CC(=O)Nc1cc(C(=O)OC)ccc1C(C)(C)C)c1cccnc1. The summed E-state index contributed by atoms with van der Waals surface area (Å²) in [6, 6.07) is 9.29. The van der Waals surface area contributed by atoms with Gasteiger partial charge in [0.15, 0.2) is 0 Å². The molecule has 5 heteroatoms. The number of nitrogens with one attached hydrogen (secondary N) is 1. The Morgan fingerprint density at radius 3 is 2.53 bits per heavy atom. The quantitative estimate of drug-likeness (QED) is 0.415. The molecule has 1 aromatic heterocycles. The van der Waals surface area contributed by atoms with E-state index in [9.17, 15) is 9.59 Å². The van der Waals surface area contributed by atoms with E-state index in [2.05, 4.69) is 38.0 Å². The molecule has 1 aromatic carbocycles. The normalized spacial score (nSPS) is 12.3. The van der Waals surface area contributed by atoms with E-state index in [0.717, 1.165) is 36.8 Å². The van der Waals surface area contributed by atoms with Crippen molar-refractivity contribution in [1.29, 1.82) is 0 Å². The third kappa shape index (κ3) is 6.68. The Morgan fingerprint density at radius 2 is 1.93 bits per heavy atom. The van der Waals surface area contributed by atoms with E-state index < -0.39 is 5.97 Å². The van der Waals surface area contributed by atoms with Gasteiger partial charge in [-0.2, -0.15) is 0 Å². The number of amides is 1. The van der Waals surface area contributed by atoms with Gasteiger partial charge < -0.3 is 10.1 Å². The van der Waals surface area contributed by atoms with Gasteiger partial charge in [0.1, 0.15) is 0 Å². The van der Waals surface area contributed by atoms with Gasteiger partial charge in [0.05, 0.1) is 12.7 Å². The fourth-order valence-corrected chi connectivity index (χ4v) is 3.62. The molecule has 1 amide bonds. The lowest BCUT2D eigenvalue weighted by molar-refractivity contribution is -0.116. The van der Waals surface area contributed by atoms with Crippen LogP contribution in [0, 0.1) is 0 Å². The molecule has 0 aliphatic heterocycles. The summed E-state index contributed by atoms with van der Waals surface area (Å²) in [4.78, 5) is 29.2. The highest BCUT2D eigenvalue weighted by molar-refractivity contribution is 5.95. The van der Waals surface area contributed by atoms with Crippen molar-refractivity contribution in [2.75, 3.05) is 12.4 Å². The summed E-state index contributed by atoms with van der Waals surface area (Å²) in [6.07, 6.45) is 8.29. The Bertz CT molecular complexity index is 841. The number of nitrogens with zero attached hydrogens (tertiary/aromatic N) is 1. The number of hydrogen-bond donors (Lipinski definition) is 1. The van der Waals surface area contributed by atoms with Crippen LogP contribution >= 0.6 is 0 Å². The topological polar surface area (TPSA) is 68.3 Å². The Kier molecular flexibility index (Phi) is 8.58. The maximum Gasteiger partial charge on any atom is 0.337 e. The molecular formula is C25H34N2O3. The molecule has 1 N–H and O–H groups in total. The average molecular weight is 411 g/mol. The lowest BCUT2D eigenvalue weighted by Gasteiger charge is -2.24. The lowest BCUT2D eigenvalue weighted by atomic mass is 9.85. The average Bonchev–Trinajstić information content (AvgIpc) is 2.72. The molecule has 30 heavy (non-hydrogen) atoms. The molecule has 0 fully saturated rings. The molecule has 5 nitrogen and oxygen atoms in total. The van der Waals surface area contributed by atoms with E-state index in [4.69, 9.17) is 4.74 Å². The molecule has 0 aliphatic carbocycles. The van der Waals surface area contributed by atoms with Crippen LogP contribution in [0.25, 0.3) is 0 Å². The van der Waals surface area contributed by atoms with Crippen LogP contribution in [-0.2, 0) is 14.9 Å². The Labute approximate surface area is 180 Å². The highest BCUT2D eigenvalue weighted by Gasteiger charge is 2.22. The summed E-state index contributed by atoms with van der Waals surface area (Å²) >= 11 is 0. The first-order chi connectivity index (χ1) is 14.3. The summed E-state index contributed by atoms with van der Waals surface area (Å²) < 4.78 is 4.84. The number of benzene rings is 1. The highest BCUT2D eigenvalue weighted by Crippen LogP contribution is 2.32. The van der Waals surface area contributed by atoms with Crippen molar-refractivity contribution in [2.45, 2.75) is 71.1 Å². The summed E-state index contributed by atoms with van der Waals surface area (Å²) in [7, 11) is 1.35. The molecule has 1 atom stereocenters. The van der Waals surface area contributed by atoms with Crippen molar-refractivity contribution in [3.63, 3.8) is 0 Å². The minimum atomic E-state index is -0.418. The van der Waals surface area contributed by atoms with Gasteiger partial charge in [0.25, 0.3) is 0 Å². The van der Waals surface area contributed by atoms with E-state index in [1.165, 1.54) is 7.11 Å². The smallest absolute Gasteiger partial charge is 0.337 e. The third-order valence-corrected chi connectivity index (χ3v) is 5.27. The van der Waals surface area contributed by atoms with Gasteiger partial charge >= 0.3 is 5.97 Å². The number of rotatable bonds is 9. The largest absolute Gasteiger partial charge is 0.465 e. The second-order valence-electron chi connectivity index (χ2n) is 8.73. The minimum absolute atomic E-state index is 0.0622. The highest BCUT2D eigenvalue weighted by atomic mass is 16.5. The standard InChI is InChI=1S/C25H34N2O3/c1-6-7-8-10-18(20-11-9-14-26-17-20)16-23(28)27-22-15-19(24(29)30-5)12-13-21(22)25(2,3)4/h9,11-15,17-18H,6-8,10,16H2,1-5H3,(H,27,28). The molecule has 1 heterocycles. The fraction of sp³-hybridized carbons (Fsp3) is 0.480. The number of anilines is 1. The van der Waals surface area contributed by atoms with Gasteiger partial charge in [-0.1, -0.05) is 59.1 Å². The predicted octanol–water partition coefficient (Wildman–Crippen LogP) is 5.86. The van der Waals surface area contributed by atoms with Crippen molar-refractivity contribution < 1.29 is 14.3 Å². The number of methoxy groups -OCH3 is 1. The van der Waals surface area contributed by atoms with Crippen molar-refractivity contribution in [1.82, 2.24) is 4.98 Å². The Hall–Kier alpha value is -2.69. The number of esters is 1. The summed E-state index contributed by atoms with van der Waals surface area (Å²) in [5, 5.41) is 3.06. The second-order valence-corrected chi connectivity index (χ2v) is 8.73. The van der Waals surface area contributed by atoms with E-state index in [1.807, 2.05) is 24.4 Å². The number of pyridine rings is 1. The number of carbonyl (C=O) groups excluding carboxylic acids is 2. The van der Waals surface area contributed by atoms with Gasteiger partial charge in [-0.15, -0.1) is 0 Å². The predicted molar refractivity (Wildman–Crippen MR) is 121 cm³/mol. The zero-order valence-electron chi connectivity index (χ0n) is 18.8. The van der Waals surface area contributed by atoms with E-state index >= 15 is 0 Å². The van der Waals surface area contributed by atoms with Gasteiger partial charge in [-0.25, -0.2) is 4.79 Å². The van der Waals surface area contributed by atoms with Crippen molar-refractivity contribution in [3.05, 3.63) is 59.4 Å². The molecule has 2 rings (SSSR count). The number of unbranched alkanes of at least 4 members (excludes halogenated alkanes) is 2. The number of ether oxygens (including phenoxy) is 1. The maximum absolute atomic E-state index is 13.0. The molecule has 1 unspecified atom stereocenters. The monoisotopic (exact) mass is 410 g/mol. The molecule has 162 valence electrons. The minimum Gasteiger partial charge on any atom is -0.465 e. The van der Waals surface area contributed by atoms with Crippen LogP contribution < -0.4 is 5.32 Å². The van der Waals surface area contributed by atoms with E-state index in [1.54, 1.807) is 18.3 Å². The van der Waals surface area contributed by atoms with Crippen LogP contribution in [0.2, 0.25) is 0 Å². The Balaban J connectivity index is 2.24. The molecule has 0 saturated heterocycles. The van der Waals surface area contributed by atoms with Crippen LogP contribution in [0.3, 0.4) is 0 Å². The van der Waals surface area contributed by atoms with Crippen molar-refractivity contribution in [2.24, 2.45) is 0 Å². The number of carbonyl (C=O) groups is 2. The third-order valence-electron chi connectivity index (χ3n) is 5.27.